The summed E-state index contributed by atoms with van der Waals surface area (Å²) in [6.45, 7) is -1.42. The smallest absolute Gasteiger partial charge is 0.407 e. The molecular formula is C8H17NO7. The van der Waals surface area contributed by atoms with Crippen LogP contribution >= 0.6 is 0 Å². The van der Waals surface area contributed by atoms with Crippen LogP contribution in [0, 0.1) is 0 Å². The molecule has 8 heteroatoms. The molecule has 0 aromatic carbocycles. The SMILES string of the molecule is COC(=O)N[C@@H](CO)[C@@H](O)[C@H](O)[C@H](O)CO. The van der Waals surface area contributed by atoms with Crippen molar-refractivity contribution in [1.82, 2.24) is 5.32 Å². The molecule has 0 aromatic rings. The fourth-order valence-corrected chi connectivity index (χ4v) is 1.02. The van der Waals surface area contributed by atoms with Crippen LogP contribution in [0.5, 0.6) is 0 Å². The highest BCUT2D eigenvalue weighted by molar-refractivity contribution is 5.67. The van der Waals surface area contributed by atoms with Crippen molar-refractivity contribution in [3.05, 3.63) is 0 Å². The summed E-state index contributed by atoms with van der Waals surface area (Å²) in [5.41, 5.74) is 0. The van der Waals surface area contributed by atoms with Crippen LogP contribution in [0.15, 0.2) is 0 Å². The van der Waals surface area contributed by atoms with Crippen molar-refractivity contribution >= 4 is 6.09 Å². The van der Waals surface area contributed by atoms with E-state index in [0.29, 0.717) is 0 Å². The Balaban J connectivity index is 4.39. The minimum Gasteiger partial charge on any atom is -0.453 e. The number of carbonyl (C=O) groups excluding carboxylic acids is 1. The Hall–Kier alpha value is -0.930. The Morgan fingerprint density at radius 2 is 1.75 bits per heavy atom. The molecule has 0 saturated heterocycles. The summed E-state index contributed by atoms with van der Waals surface area (Å²) in [6.07, 6.45) is -5.79. The van der Waals surface area contributed by atoms with Crippen LogP contribution in [0.3, 0.4) is 0 Å². The summed E-state index contributed by atoms with van der Waals surface area (Å²) in [7, 11) is 1.09. The molecule has 0 rings (SSSR count). The average molecular weight is 239 g/mol. The molecule has 4 atom stereocenters. The van der Waals surface area contributed by atoms with Crippen molar-refractivity contribution in [3.63, 3.8) is 0 Å². The number of alkyl carbamates (subject to hydrolysis) is 1. The van der Waals surface area contributed by atoms with E-state index in [2.05, 4.69) is 10.1 Å². The molecule has 0 aliphatic heterocycles. The zero-order chi connectivity index (χ0) is 12.7. The number of ether oxygens (including phenoxy) is 1. The second kappa shape index (κ2) is 7.36. The van der Waals surface area contributed by atoms with Gasteiger partial charge in [-0.3, -0.25) is 0 Å². The highest BCUT2D eigenvalue weighted by Gasteiger charge is 2.31. The normalized spacial score (nSPS) is 18.4. The topological polar surface area (TPSA) is 139 Å². The lowest BCUT2D eigenvalue weighted by Gasteiger charge is -2.27. The maximum Gasteiger partial charge on any atom is 0.407 e. The number of hydrogen-bond donors (Lipinski definition) is 6. The molecule has 0 radical (unpaired) electrons. The van der Waals surface area contributed by atoms with Gasteiger partial charge in [0.05, 0.1) is 26.4 Å². The lowest BCUT2D eigenvalue weighted by atomic mass is 10.0. The Morgan fingerprint density at radius 1 is 1.19 bits per heavy atom. The van der Waals surface area contributed by atoms with E-state index in [1.165, 1.54) is 0 Å². The van der Waals surface area contributed by atoms with Crippen molar-refractivity contribution in [2.24, 2.45) is 0 Å². The predicted molar refractivity (Wildman–Crippen MR) is 51.5 cm³/mol. The van der Waals surface area contributed by atoms with E-state index in [9.17, 15) is 15.0 Å². The molecule has 0 unspecified atom stereocenters. The first kappa shape index (κ1) is 15.1. The minimum absolute atomic E-state index is 0.661. The zero-order valence-electron chi connectivity index (χ0n) is 8.78. The highest BCUT2D eigenvalue weighted by atomic mass is 16.5. The van der Waals surface area contributed by atoms with Crippen LogP contribution in [-0.4, -0.2) is 76.3 Å². The first-order valence-corrected chi connectivity index (χ1v) is 4.58. The van der Waals surface area contributed by atoms with Crippen molar-refractivity contribution in [3.8, 4) is 0 Å². The molecule has 0 aliphatic rings. The number of carbonyl (C=O) groups is 1. The van der Waals surface area contributed by atoms with Gasteiger partial charge in [0.25, 0.3) is 0 Å². The van der Waals surface area contributed by atoms with Crippen molar-refractivity contribution < 1.29 is 35.1 Å². The van der Waals surface area contributed by atoms with Gasteiger partial charge in [-0.05, 0) is 0 Å². The fraction of sp³-hybridized carbons (Fsp3) is 0.875. The average Bonchev–Trinajstić information content (AvgIpc) is 2.32. The van der Waals surface area contributed by atoms with Crippen LogP contribution in [0.2, 0.25) is 0 Å². The second-order valence-corrected chi connectivity index (χ2v) is 3.16. The van der Waals surface area contributed by atoms with Gasteiger partial charge in [-0.1, -0.05) is 0 Å². The molecule has 0 saturated carbocycles. The Kier molecular flexibility index (Phi) is 6.93. The number of hydrogen-bond acceptors (Lipinski definition) is 7. The highest BCUT2D eigenvalue weighted by Crippen LogP contribution is 2.05. The number of aliphatic hydroxyl groups is 5. The van der Waals surface area contributed by atoms with Crippen molar-refractivity contribution in [2.75, 3.05) is 20.3 Å². The summed E-state index contributed by atoms with van der Waals surface area (Å²) < 4.78 is 4.23. The van der Waals surface area contributed by atoms with Gasteiger partial charge in [0.1, 0.15) is 18.3 Å². The molecule has 0 aromatic heterocycles. The lowest BCUT2D eigenvalue weighted by molar-refractivity contribution is -0.0908. The monoisotopic (exact) mass is 239 g/mol. The summed E-state index contributed by atoms with van der Waals surface area (Å²) in [4.78, 5) is 10.8. The standard InChI is InChI=1S/C8H17NO7/c1-16-8(15)9-4(2-10)6(13)7(14)5(12)3-11/h4-7,10-14H,2-3H2,1H3,(H,9,15)/t4-,5+,6+,7+/m0/s1. The summed E-state index contributed by atoms with van der Waals surface area (Å²) in [5.74, 6) is 0. The van der Waals surface area contributed by atoms with Gasteiger partial charge in [-0.2, -0.15) is 0 Å². The number of methoxy groups -OCH3 is 1. The zero-order valence-corrected chi connectivity index (χ0v) is 8.78. The van der Waals surface area contributed by atoms with Gasteiger partial charge < -0.3 is 35.6 Å². The minimum atomic E-state index is -1.70. The van der Waals surface area contributed by atoms with Gasteiger partial charge in [0.2, 0.25) is 0 Å². The molecule has 16 heavy (non-hydrogen) atoms. The van der Waals surface area contributed by atoms with E-state index >= 15 is 0 Å². The van der Waals surface area contributed by atoms with E-state index in [1.54, 1.807) is 0 Å². The largest absolute Gasteiger partial charge is 0.453 e. The molecule has 1 amide bonds. The molecule has 0 aliphatic carbocycles. The second-order valence-electron chi connectivity index (χ2n) is 3.16. The molecule has 0 bridgehead atoms. The molecule has 6 N–H and O–H groups in total. The number of aliphatic hydroxyl groups excluding tert-OH is 5. The molecular weight excluding hydrogens is 222 g/mol. The van der Waals surface area contributed by atoms with Crippen LogP contribution in [0.25, 0.3) is 0 Å². The third kappa shape index (κ3) is 4.29. The van der Waals surface area contributed by atoms with Crippen molar-refractivity contribution in [1.29, 1.82) is 0 Å². The third-order valence-corrected chi connectivity index (χ3v) is 2.03. The number of amides is 1. The van der Waals surface area contributed by atoms with Crippen LogP contribution in [0.1, 0.15) is 0 Å². The van der Waals surface area contributed by atoms with Crippen LogP contribution in [0.4, 0.5) is 4.79 Å². The number of nitrogens with one attached hydrogen (secondary N) is 1. The Bertz CT molecular complexity index is 213. The van der Waals surface area contributed by atoms with Gasteiger partial charge in [-0.25, -0.2) is 4.79 Å². The number of rotatable bonds is 6. The van der Waals surface area contributed by atoms with Crippen LogP contribution in [-0.2, 0) is 4.74 Å². The summed E-state index contributed by atoms with van der Waals surface area (Å²) >= 11 is 0. The summed E-state index contributed by atoms with van der Waals surface area (Å²) in [6, 6.07) is -1.20. The Labute approximate surface area is 92.1 Å². The van der Waals surface area contributed by atoms with E-state index < -0.39 is 43.7 Å². The maximum absolute atomic E-state index is 10.8. The van der Waals surface area contributed by atoms with E-state index in [1.807, 2.05) is 0 Å². The summed E-state index contributed by atoms with van der Waals surface area (Å²) in [5, 5.41) is 47.3. The van der Waals surface area contributed by atoms with Gasteiger partial charge in [0, 0.05) is 0 Å². The maximum atomic E-state index is 10.8. The van der Waals surface area contributed by atoms with Crippen LogP contribution < -0.4 is 5.32 Å². The predicted octanol–water partition coefficient (Wildman–Crippen LogP) is -3.22. The van der Waals surface area contributed by atoms with E-state index in [0.717, 1.165) is 7.11 Å². The third-order valence-electron chi connectivity index (χ3n) is 2.03. The first-order valence-electron chi connectivity index (χ1n) is 4.58. The van der Waals surface area contributed by atoms with Gasteiger partial charge in [-0.15, -0.1) is 0 Å². The molecule has 96 valence electrons. The molecule has 0 heterocycles. The quantitative estimate of drug-likeness (QED) is 0.286. The lowest BCUT2D eigenvalue weighted by Crippen LogP contribution is -2.54. The first-order chi connectivity index (χ1) is 7.47. The van der Waals surface area contributed by atoms with Gasteiger partial charge >= 0.3 is 6.09 Å². The Morgan fingerprint density at radius 3 is 2.12 bits per heavy atom. The van der Waals surface area contributed by atoms with E-state index in [4.69, 9.17) is 15.3 Å². The molecule has 0 fully saturated rings. The van der Waals surface area contributed by atoms with Crippen molar-refractivity contribution in [2.45, 2.75) is 24.4 Å². The van der Waals surface area contributed by atoms with E-state index in [-0.39, 0.29) is 0 Å². The fourth-order valence-electron chi connectivity index (χ4n) is 1.02. The molecule has 8 nitrogen and oxygen atoms in total. The van der Waals surface area contributed by atoms with Gasteiger partial charge in [0.15, 0.2) is 0 Å². The molecule has 0 spiro atoms.